The lowest BCUT2D eigenvalue weighted by molar-refractivity contribution is 0.0689. The minimum absolute atomic E-state index is 0.0957. The zero-order valence-electron chi connectivity index (χ0n) is 9.81. The van der Waals surface area contributed by atoms with Crippen LogP contribution < -0.4 is 9.88 Å². The fraction of sp³-hybridized carbons (Fsp3) is 0.400. The molecule has 5 nitrogen and oxygen atoms in total. The summed E-state index contributed by atoms with van der Waals surface area (Å²) in [6.45, 7) is 1.54. The SMILES string of the molecule is COC(C)COc1c(F)cc(F)cc1S(N)(=O)=O. The van der Waals surface area contributed by atoms with Crippen LogP contribution in [-0.2, 0) is 14.8 Å². The average molecular weight is 281 g/mol. The van der Waals surface area contributed by atoms with Crippen molar-refractivity contribution in [1.29, 1.82) is 0 Å². The Bertz CT molecular complexity index is 533. The van der Waals surface area contributed by atoms with Gasteiger partial charge in [0, 0.05) is 13.2 Å². The number of hydrogen-bond acceptors (Lipinski definition) is 4. The molecule has 0 heterocycles. The van der Waals surface area contributed by atoms with E-state index in [1.165, 1.54) is 7.11 Å². The quantitative estimate of drug-likeness (QED) is 0.874. The highest BCUT2D eigenvalue weighted by Crippen LogP contribution is 2.27. The number of hydrogen-bond donors (Lipinski definition) is 1. The van der Waals surface area contributed by atoms with Crippen LogP contribution in [0, 0.1) is 11.6 Å². The highest BCUT2D eigenvalue weighted by atomic mass is 32.2. The van der Waals surface area contributed by atoms with E-state index < -0.39 is 32.3 Å². The summed E-state index contributed by atoms with van der Waals surface area (Å²) in [5.41, 5.74) is 0. The molecule has 2 N–H and O–H groups in total. The van der Waals surface area contributed by atoms with Crippen molar-refractivity contribution in [3.8, 4) is 5.75 Å². The Hall–Kier alpha value is -1.25. The monoisotopic (exact) mass is 281 g/mol. The molecule has 0 aliphatic rings. The van der Waals surface area contributed by atoms with Crippen LogP contribution in [0.15, 0.2) is 17.0 Å². The highest BCUT2D eigenvalue weighted by Gasteiger charge is 2.21. The Morgan fingerprint density at radius 1 is 1.39 bits per heavy atom. The molecule has 1 atom stereocenters. The maximum absolute atomic E-state index is 13.5. The van der Waals surface area contributed by atoms with Gasteiger partial charge in [-0.1, -0.05) is 0 Å². The molecule has 0 aliphatic carbocycles. The third-order valence-corrected chi connectivity index (χ3v) is 3.06. The maximum Gasteiger partial charge on any atom is 0.241 e. The molecule has 0 amide bonds. The first-order valence-electron chi connectivity index (χ1n) is 4.93. The molecule has 0 saturated heterocycles. The lowest BCUT2D eigenvalue weighted by Crippen LogP contribution is -2.20. The summed E-state index contributed by atoms with van der Waals surface area (Å²) >= 11 is 0. The average Bonchev–Trinajstić information content (AvgIpc) is 2.25. The summed E-state index contributed by atoms with van der Waals surface area (Å²) in [6.07, 6.45) is -0.386. The summed E-state index contributed by atoms with van der Waals surface area (Å²) in [7, 11) is -2.87. The van der Waals surface area contributed by atoms with Gasteiger partial charge in [-0.15, -0.1) is 0 Å². The molecule has 18 heavy (non-hydrogen) atoms. The summed E-state index contributed by atoms with van der Waals surface area (Å²) in [5.74, 6) is -2.80. The van der Waals surface area contributed by atoms with Gasteiger partial charge in [-0.2, -0.15) is 0 Å². The second kappa shape index (κ2) is 5.59. The standard InChI is InChI=1S/C10H13F2NO4S/c1-6(16-2)5-17-10-8(12)3-7(11)4-9(10)18(13,14)15/h3-4,6H,5H2,1-2H3,(H2,13,14,15). The largest absolute Gasteiger partial charge is 0.486 e. The normalized spacial score (nSPS) is 13.4. The molecule has 1 aromatic rings. The number of ether oxygens (including phenoxy) is 2. The third-order valence-electron chi connectivity index (χ3n) is 2.15. The fourth-order valence-corrected chi connectivity index (χ4v) is 1.85. The lowest BCUT2D eigenvalue weighted by Gasteiger charge is -2.14. The van der Waals surface area contributed by atoms with Crippen LogP contribution in [0.4, 0.5) is 8.78 Å². The van der Waals surface area contributed by atoms with Gasteiger partial charge in [0.25, 0.3) is 0 Å². The number of nitrogens with two attached hydrogens (primary N) is 1. The zero-order valence-corrected chi connectivity index (χ0v) is 10.6. The van der Waals surface area contributed by atoms with E-state index in [4.69, 9.17) is 14.6 Å². The van der Waals surface area contributed by atoms with E-state index in [0.29, 0.717) is 12.1 Å². The molecule has 0 aromatic heterocycles. The van der Waals surface area contributed by atoms with E-state index >= 15 is 0 Å². The Balaban J connectivity index is 3.17. The fourth-order valence-electron chi connectivity index (χ4n) is 1.16. The van der Waals surface area contributed by atoms with Crippen molar-refractivity contribution in [3.63, 3.8) is 0 Å². The first-order valence-corrected chi connectivity index (χ1v) is 6.47. The molecule has 102 valence electrons. The molecule has 0 bridgehead atoms. The van der Waals surface area contributed by atoms with E-state index in [2.05, 4.69) is 0 Å². The zero-order chi connectivity index (χ0) is 13.9. The van der Waals surface area contributed by atoms with Crippen molar-refractivity contribution in [2.75, 3.05) is 13.7 Å². The smallest absolute Gasteiger partial charge is 0.241 e. The van der Waals surface area contributed by atoms with Crippen molar-refractivity contribution in [3.05, 3.63) is 23.8 Å². The Morgan fingerprint density at radius 3 is 2.50 bits per heavy atom. The van der Waals surface area contributed by atoms with Crippen molar-refractivity contribution in [2.24, 2.45) is 5.14 Å². The van der Waals surface area contributed by atoms with Crippen molar-refractivity contribution in [1.82, 2.24) is 0 Å². The van der Waals surface area contributed by atoms with Crippen molar-refractivity contribution < 1.29 is 26.7 Å². The molecule has 1 unspecified atom stereocenters. The molecular formula is C10H13F2NO4S. The van der Waals surface area contributed by atoms with E-state index in [1.54, 1.807) is 6.92 Å². The first kappa shape index (κ1) is 14.8. The molecule has 0 saturated carbocycles. The lowest BCUT2D eigenvalue weighted by atomic mass is 10.3. The number of benzene rings is 1. The van der Waals surface area contributed by atoms with Gasteiger partial charge in [0.15, 0.2) is 11.6 Å². The topological polar surface area (TPSA) is 78.6 Å². The molecule has 0 spiro atoms. The molecule has 0 fully saturated rings. The van der Waals surface area contributed by atoms with Gasteiger partial charge in [0.1, 0.15) is 17.3 Å². The van der Waals surface area contributed by atoms with Gasteiger partial charge in [-0.3, -0.25) is 0 Å². The Labute approximate surface area is 104 Å². The molecule has 8 heteroatoms. The van der Waals surface area contributed by atoms with E-state index in [0.717, 1.165) is 0 Å². The van der Waals surface area contributed by atoms with Crippen LogP contribution in [-0.4, -0.2) is 28.2 Å². The van der Waals surface area contributed by atoms with Gasteiger partial charge < -0.3 is 9.47 Å². The predicted octanol–water partition coefficient (Wildman–Crippen LogP) is 1.03. The molecular weight excluding hydrogens is 268 g/mol. The van der Waals surface area contributed by atoms with E-state index in [9.17, 15) is 17.2 Å². The second-order valence-corrected chi connectivity index (χ2v) is 5.15. The van der Waals surface area contributed by atoms with Crippen LogP contribution in [0.3, 0.4) is 0 Å². The molecule has 0 radical (unpaired) electrons. The first-order chi connectivity index (χ1) is 8.25. The summed E-state index contributed by atoms with van der Waals surface area (Å²) in [5, 5.41) is 4.86. The summed E-state index contributed by atoms with van der Waals surface area (Å²) in [6, 6.07) is 1.12. The van der Waals surface area contributed by atoms with E-state index in [-0.39, 0.29) is 12.7 Å². The second-order valence-electron chi connectivity index (χ2n) is 3.62. The van der Waals surface area contributed by atoms with Crippen LogP contribution in [0.5, 0.6) is 5.75 Å². The molecule has 1 aromatic carbocycles. The number of primary sulfonamides is 1. The number of sulfonamides is 1. The van der Waals surface area contributed by atoms with Crippen LogP contribution in [0.1, 0.15) is 6.92 Å². The summed E-state index contributed by atoms with van der Waals surface area (Å²) < 4.78 is 58.7. The van der Waals surface area contributed by atoms with Crippen LogP contribution in [0.2, 0.25) is 0 Å². The van der Waals surface area contributed by atoms with Crippen LogP contribution in [0.25, 0.3) is 0 Å². The number of methoxy groups -OCH3 is 1. The Morgan fingerprint density at radius 2 is 2.00 bits per heavy atom. The molecule has 1 rings (SSSR count). The number of halogens is 2. The van der Waals surface area contributed by atoms with E-state index in [1.807, 2.05) is 0 Å². The van der Waals surface area contributed by atoms with Gasteiger partial charge in [0.05, 0.1) is 6.10 Å². The predicted molar refractivity (Wildman–Crippen MR) is 59.7 cm³/mol. The van der Waals surface area contributed by atoms with Gasteiger partial charge in [-0.05, 0) is 13.0 Å². The van der Waals surface area contributed by atoms with Crippen molar-refractivity contribution in [2.45, 2.75) is 17.9 Å². The van der Waals surface area contributed by atoms with Crippen LogP contribution >= 0.6 is 0 Å². The van der Waals surface area contributed by atoms with Gasteiger partial charge in [-0.25, -0.2) is 22.3 Å². The number of rotatable bonds is 5. The minimum Gasteiger partial charge on any atom is -0.486 e. The third kappa shape index (κ3) is 3.62. The van der Waals surface area contributed by atoms with Crippen molar-refractivity contribution >= 4 is 10.0 Å². The highest BCUT2D eigenvalue weighted by molar-refractivity contribution is 7.89. The molecule has 0 aliphatic heterocycles. The van der Waals surface area contributed by atoms with Gasteiger partial charge in [0.2, 0.25) is 10.0 Å². The van der Waals surface area contributed by atoms with Gasteiger partial charge >= 0.3 is 0 Å². The minimum atomic E-state index is -4.28. The Kier molecular flexibility index (Phi) is 4.60. The summed E-state index contributed by atoms with van der Waals surface area (Å²) in [4.78, 5) is -0.733. The maximum atomic E-state index is 13.5.